The van der Waals surface area contributed by atoms with E-state index in [1.807, 2.05) is 0 Å². The Hall–Kier alpha value is -7.22. The molecule has 0 radical (unpaired) electrons. The van der Waals surface area contributed by atoms with Gasteiger partial charge in [-0.1, -0.05) is 186 Å². The highest BCUT2D eigenvalue weighted by Crippen LogP contribution is 2.66. The number of hydrogen-bond donors (Lipinski definition) is 0. The van der Waals surface area contributed by atoms with Crippen molar-refractivity contribution < 1.29 is 0 Å². The first-order valence-corrected chi connectivity index (χ1v) is 25.0. The quantitative estimate of drug-likeness (QED) is 0.161. The van der Waals surface area contributed by atoms with E-state index in [2.05, 4.69) is 233 Å². The standard InChI is InChI=1S/C67H55N/c1-65(2)59-17-8-5-12-53(59)56-36-27-46(39-62(56)65)43-21-30-49(31-22-43)68(51-34-25-45(26-35-51)52-15-11-16-58-55-14-6-9-18-60(55)66(3,4)64(52)58)50-32-23-44(24-33-50)47-28-37-57-54-13-7-10-19-61(54)67(63(57)40-47)41-42-20-29-48(67)38-42/h5-19,21-28,30-37,39-40,42,48H,20,29,38,41H2,1-4H3. The van der Waals surface area contributed by atoms with Crippen LogP contribution in [-0.4, -0.2) is 0 Å². The van der Waals surface area contributed by atoms with Crippen LogP contribution in [0.5, 0.6) is 0 Å². The van der Waals surface area contributed by atoms with E-state index < -0.39 is 0 Å². The van der Waals surface area contributed by atoms with Crippen molar-refractivity contribution in [3.63, 3.8) is 0 Å². The highest BCUT2D eigenvalue weighted by Gasteiger charge is 2.56. The number of benzene rings is 9. The van der Waals surface area contributed by atoms with Gasteiger partial charge in [0.25, 0.3) is 0 Å². The maximum absolute atomic E-state index is 2.57. The lowest BCUT2D eigenvalue weighted by Crippen LogP contribution is -2.31. The number of hydrogen-bond acceptors (Lipinski definition) is 1. The van der Waals surface area contributed by atoms with Gasteiger partial charge in [0.05, 0.1) is 0 Å². The molecule has 1 spiro atoms. The van der Waals surface area contributed by atoms with Gasteiger partial charge in [0.15, 0.2) is 0 Å². The molecule has 2 bridgehead atoms. The van der Waals surface area contributed by atoms with Crippen LogP contribution in [0.4, 0.5) is 17.1 Å². The molecule has 5 aliphatic rings. The van der Waals surface area contributed by atoms with E-state index in [4.69, 9.17) is 0 Å². The summed E-state index contributed by atoms with van der Waals surface area (Å²) in [6, 6.07) is 76.3. The van der Waals surface area contributed by atoms with E-state index in [0.29, 0.717) is 0 Å². The van der Waals surface area contributed by atoms with Crippen molar-refractivity contribution in [1.82, 2.24) is 0 Å². The normalized spacial score (nSPS) is 20.1. The Balaban J connectivity index is 0.839. The zero-order valence-corrected chi connectivity index (χ0v) is 39.5. The molecule has 0 saturated heterocycles. The predicted molar refractivity (Wildman–Crippen MR) is 284 cm³/mol. The van der Waals surface area contributed by atoms with E-state index in [1.54, 1.807) is 11.1 Å². The number of nitrogens with zero attached hydrogens (tertiary/aromatic N) is 1. The number of anilines is 3. The van der Waals surface area contributed by atoms with E-state index >= 15 is 0 Å². The van der Waals surface area contributed by atoms with Crippen LogP contribution in [-0.2, 0) is 16.2 Å². The smallest absolute Gasteiger partial charge is 0.0462 e. The van der Waals surface area contributed by atoms with Crippen LogP contribution in [0.1, 0.15) is 86.8 Å². The molecule has 0 aromatic heterocycles. The molecule has 0 heterocycles. The van der Waals surface area contributed by atoms with Crippen molar-refractivity contribution in [2.75, 3.05) is 4.90 Å². The van der Waals surface area contributed by atoms with E-state index in [0.717, 1.165) is 28.9 Å². The van der Waals surface area contributed by atoms with E-state index in [-0.39, 0.29) is 16.2 Å². The summed E-state index contributed by atoms with van der Waals surface area (Å²) < 4.78 is 0. The van der Waals surface area contributed by atoms with Crippen LogP contribution in [0.3, 0.4) is 0 Å². The summed E-state index contributed by atoms with van der Waals surface area (Å²) in [4.78, 5) is 2.43. The minimum Gasteiger partial charge on any atom is -0.311 e. The Morgan fingerprint density at radius 2 is 0.794 bits per heavy atom. The van der Waals surface area contributed by atoms with Crippen LogP contribution in [0.25, 0.3) is 66.8 Å². The third kappa shape index (κ3) is 5.57. The Labute approximate surface area is 401 Å². The number of rotatable bonds is 6. The first kappa shape index (κ1) is 39.9. The highest BCUT2D eigenvalue weighted by molar-refractivity contribution is 5.90. The molecule has 2 saturated carbocycles. The van der Waals surface area contributed by atoms with Gasteiger partial charge in [-0.05, 0) is 180 Å². The lowest BCUT2D eigenvalue weighted by atomic mass is 9.66. The molecule has 3 atom stereocenters. The second kappa shape index (κ2) is 14.4. The molecule has 3 unspecified atom stereocenters. The maximum atomic E-state index is 2.57. The first-order chi connectivity index (χ1) is 33.2. The highest BCUT2D eigenvalue weighted by atomic mass is 15.1. The zero-order valence-electron chi connectivity index (χ0n) is 39.5. The Morgan fingerprint density at radius 3 is 1.37 bits per heavy atom. The first-order valence-electron chi connectivity index (χ1n) is 25.0. The summed E-state index contributed by atoms with van der Waals surface area (Å²) in [6.45, 7) is 9.49. The lowest BCUT2D eigenvalue weighted by Gasteiger charge is -2.36. The SMILES string of the molecule is CC1(C)c2ccccc2-c2ccc(-c3ccc(N(c4ccc(-c5ccc6c(c5)C5(CC7CCC5C7)c5ccccc5-6)cc4)c4ccc(-c5cccc6c5C(C)(C)c5ccccc5-6)cc4)cc3)cc21. The maximum Gasteiger partial charge on any atom is 0.0462 e. The third-order valence-corrected chi connectivity index (χ3v) is 17.6. The van der Waals surface area contributed by atoms with Crippen LogP contribution < -0.4 is 4.90 Å². The third-order valence-electron chi connectivity index (χ3n) is 17.6. The summed E-state index contributed by atoms with van der Waals surface area (Å²) in [6.07, 6.45) is 5.43. The second-order valence-electron chi connectivity index (χ2n) is 21.7. The van der Waals surface area contributed by atoms with Gasteiger partial charge in [0.1, 0.15) is 0 Å². The Morgan fingerprint density at radius 1 is 0.353 bits per heavy atom. The average Bonchev–Trinajstić information content (AvgIpc) is 4.17. The molecular weight excluding hydrogens is 819 g/mol. The molecule has 0 N–H and O–H groups in total. The van der Waals surface area contributed by atoms with Gasteiger partial charge < -0.3 is 4.90 Å². The van der Waals surface area contributed by atoms with Gasteiger partial charge in [-0.15, -0.1) is 0 Å². The molecule has 1 nitrogen and oxygen atoms in total. The molecule has 0 aliphatic heterocycles. The predicted octanol–water partition coefficient (Wildman–Crippen LogP) is 17.9. The zero-order chi connectivity index (χ0) is 45.5. The molecular formula is C67H55N. The van der Waals surface area contributed by atoms with E-state index in [9.17, 15) is 0 Å². The summed E-state index contributed by atoms with van der Waals surface area (Å²) in [7, 11) is 0. The fraction of sp³-hybridized carbons (Fsp3) is 0.194. The van der Waals surface area contributed by atoms with Crippen LogP contribution in [0.2, 0.25) is 0 Å². The molecule has 328 valence electrons. The monoisotopic (exact) mass is 873 g/mol. The summed E-state index contributed by atoms with van der Waals surface area (Å²) in [5, 5.41) is 0. The molecule has 9 aromatic rings. The molecule has 14 rings (SSSR count). The van der Waals surface area contributed by atoms with Gasteiger partial charge in [0, 0.05) is 33.3 Å². The molecule has 1 heteroatoms. The Bertz CT molecular complexity index is 3510. The molecule has 68 heavy (non-hydrogen) atoms. The van der Waals surface area contributed by atoms with Crippen molar-refractivity contribution in [2.24, 2.45) is 11.8 Å². The molecule has 5 aliphatic carbocycles. The Kier molecular flexibility index (Phi) is 8.45. The van der Waals surface area contributed by atoms with Crippen LogP contribution in [0.15, 0.2) is 200 Å². The van der Waals surface area contributed by atoms with Crippen LogP contribution in [0, 0.1) is 11.8 Å². The summed E-state index contributed by atoms with van der Waals surface area (Å²) in [5.74, 6) is 1.60. The second-order valence-corrected chi connectivity index (χ2v) is 21.7. The van der Waals surface area contributed by atoms with Gasteiger partial charge in [-0.25, -0.2) is 0 Å². The minimum atomic E-state index is -0.0879. The molecule has 2 fully saturated rings. The van der Waals surface area contributed by atoms with Gasteiger partial charge in [-0.2, -0.15) is 0 Å². The average molecular weight is 874 g/mol. The topological polar surface area (TPSA) is 3.24 Å². The number of fused-ring (bicyclic) bond motifs is 14. The van der Waals surface area contributed by atoms with Crippen molar-refractivity contribution in [2.45, 2.75) is 69.6 Å². The fourth-order valence-corrected chi connectivity index (χ4v) is 14.4. The molecule has 0 amide bonds. The minimum absolute atomic E-state index is 0.0427. The van der Waals surface area contributed by atoms with Gasteiger partial charge >= 0.3 is 0 Å². The van der Waals surface area contributed by atoms with Crippen LogP contribution >= 0.6 is 0 Å². The van der Waals surface area contributed by atoms with Crippen molar-refractivity contribution in [3.05, 3.63) is 234 Å². The fourth-order valence-electron chi connectivity index (χ4n) is 14.4. The van der Waals surface area contributed by atoms with Gasteiger partial charge in [-0.3, -0.25) is 0 Å². The van der Waals surface area contributed by atoms with Gasteiger partial charge in [0.2, 0.25) is 0 Å². The van der Waals surface area contributed by atoms with Crippen molar-refractivity contribution >= 4 is 17.1 Å². The van der Waals surface area contributed by atoms with Crippen molar-refractivity contribution in [3.8, 4) is 66.8 Å². The lowest BCUT2D eigenvalue weighted by molar-refractivity contribution is 0.327. The molecule has 9 aromatic carbocycles. The summed E-state index contributed by atoms with van der Waals surface area (Å²) in [5.41, 5.74) is 28.2. The van der Waals surface area contributed by atoms with Crippen molar-refractivity contribution in [1.29, 1.82) is 0 Å². The largest absolute Gasteiger partial charge is 0.311 e. The summed E-state index contributed by atoms with van der Waals surface area (Å²) >= 11 is 0. The van der Waals surface area contributed by atoms with E-state index in [1.165, 1.54) is 115 Å².